The molecule has 2 saturated heterocycles. The normalized spacial score (nSPS) is 21.1. The van der Waals surface area contributed by atoms with Gasteiger partial charge in [-0.25, -0.2) is 0 Å². The molecule has 2 aliphatic heterocycles. The van der Waals surface area contributed by atoms with E-state index in [1.807, 2.05) is 18.7 Å². The molecular formula is C30H40ClN3O4. The highest BCUT2D eigenvalue weighted by atomic mass is 35.5. The summed E-state index contributed by atoms with van der Waals surface area (Å²) in [5.74, 6) is 1.07. The number of anilines is 1. The number of ether oxygens (including phenoxy) is 2. The minimum atomic E-state index is -1.08. The van der Waals surface area contributed by atoms with Gasteiger partial charge in [-0.1, -0.05) is 24.9 Å². The predicted octanol–water partition coefficient (Wildman–Crippen LogP) is 5.87. The van der Waals surface area contributed by atoms with Gasteiger partial charge < -0.3 is 24.6 Å². The van der Waals surface area contributed by atoms with Gasteiger partial charge in [-0.3, -0.25) is 9.59 Å². The van der Waals surface area contributed by atoms with Crippen LogP contribution < -0.4 is 14.8 Å². The molecule has 1 N–H and O–H groups in total. The largest absolute Gasteiger partial charge is 0.497 e. The average molecular weight is 542 g/mol. The topological polar surface area (TPSA) is 71.1 Å². The molecule has 0 aliphatic carbocycles. The number of piperidine rings is 2. The van der Waals surface area contributed by atoms with Gasteiger partial charge >= 0.3 is 0 Å². The number of rotatable bonds is 9. The zero-order valence-electron chi connectivity index (χ0n) is 23.0. The molecule has 2 aromatic carbocycles. The highest BCUT2D eigenvalue weighted by molar-refractivity contribution is 6.30. The average Bonchev–Trinajstić information content (AvgIpc) is 2.95. The zero-order valence-corrected chi connectivity index (χ0v) is 23.7. The van der Waals surface area contributed by atoms with E-state index in [1.165, 1.54) is 12.8 Å². The maximum Gasteiger partial charge on any atom is 0.254 e. The van der Waals surface area contributed by atoms with E-state index >= 15 is 0 Å². The Kier molecular flexibility index (Phi) is 9.21. The second-order valence-corrected chi connectivity index (χ2v) is 11.0. The summed E-state index contributed by atoms with van der Waals surface area (Å²) in [5, 5.41) is 3.62. The van der Waals surface area contributed by atoms with Crippen molar-refractivity contribution >= 4 is 29.1 Å². The quantitative estimate of drug-likeness (QED) is 0.430. The molecule has 0 unspecified atom stereocenters. The summed E-state index contributed by atoms with van der Waals surface area (Å²) in [7, 11) is 3.14. The van der Waals surface area contributed by atoms with E-state index in [4.69, 9.17) is 21.1 Å². The number of amides is 2. The Morgan fingerprint density at radius 3 is 2.32 bits per heavy atom. The van der Waals surface area contributed by atoms with E-state index in [2.05, 4.69) is 10.2 Å². The molecule has 0 bridgehead atoms. The van der Waals surface area contributed by atoms with Gasteiger partial charge in [0, 0.05) is 47.1 Å². The van der Waals surface area contributed by atoms with Gasteiger partial charge in [0.2, 0.25) is 5.91 Å². The van der Waals surface area contributed by atoms with E-state index in [0.29, 0.717) is 52.7 Å². The van der Waals surface area contributed by atoms with E-state index in [1.54, 1.807) is 56.7 Å². The first-order valence-corrected chi connectivity index (χ1v) is 14.0. The molecule has 38 heavy (non-hydrogen) atoms. The second kappa shape index (κ2) is 12.4. The summed E-state index contributed by atoms with van der Waals surface area (Å²) >= 11 is 6.12. The van der Waals surface area contributed by atoms with Gasteiger partial charge in [0.15, 0.2) is 0 Å². The Bertz CT molecular complexity index is 1100. The van der Waals surface area contributed by atoms with Crippen LogP contribution in [0.5, 0.6) is 11.5 Å². The summed E-state index contributed by atoms with van der Waals surface area (Å²) in [5.41, 5.74) is 0.00591. The van der Waals surface area contributed by atoms with Crippen molar-refractivity contribution in [1.29, 1.82) is 0 Å². The number of halogens is 1. The third-order valence-corrected chi connectivity index (χ3v) is 8.62. The van der Waals surface area contributed by atoms with Crippen LogP contribution in [-0.4, -0.2) is 67.0 Å². The SMILES string of the molecule is CC[C@@](C)(C(=O)Nc1cc(OC)cc(OC)c1)N(C[C@@H]1CCCN2CCCC[C@@H]12)C(=O)c1ccc(Cl)cc1. The van der Waals surface area contributed by atoms with Crippen LogP contribution in [0.25, 0.3) is 0 Å². The number of hydrogen-bond acceptors (Lipinski definition) is 5. The Balaban J connectivity index is 1.67. The minimum absolute atomic E-state index is 0.155. The second-order valence-electron chi connectivity index (χ2n) is 10.6. The van der Waals surface area contributed by atoms with E-state index in [0.717, 1.165) is 32.4 Å². The van der Waals surface area contributed by atoms with Crippen molar-refractivity contribution in [2.75, 3.05) is 39.2 Å². The van der Waals surface area contributed by atoms with Gasteiger partial charge in [-0.15, -0.1) is 0 Å². The molecule has 2 aromatic rings. The molecule has 0 spiro atoms. The molecule has 4 rings (SSSR count). The zero-order chi connectivity index (χ0) is 27.3. The minimum Gasteiger partial charge on any atom is -0.497 e. The van der Waals surface area contributed by atoms with Crippen molar-refractivity contribution < 1.29 is 19.1 Å². The lowest BCUT2D eigenvalue weighted by Gasteiger charge is -2.48. The van der Waals surface area contributed by atoms with Crippen LogP contribution in [0.1, 0.15) is 62.7 Å². The summed E-state index contributed by atoms with van der Waals surface area (Å²) < 4.78 is 10.8. The molecule has 2 aliphatic rings. The number of nitrogens with zero attached hydrogens (tertiary/aromatic N) is 2. The molecule has 2 fully saturated rings. The van der Waals surface area contributed by atoms with Gasteiger partial charge in [0.25, 0.3) is 5.91 Å². The molecule has 2 heterocycles. The van der Waals surface area contributed by atoms with Crippen LogP contribution in [0.15, 0.2) is 42.5 Å². The molecule has 0 aromatic heterocycles. The standard InChI is InChI=1S/C30H40ClN3O4/c1-5-30(2,29(36)32-24-17-25(37-3)19-26(18-24)38-4)34(28(35)21-11-13-23(31)14-12-21)20-22-9-8-16-33-15-7-6-10-27(22)33/h11-14,17-19,22,27H,5-10,15-16,20H2,1-4H3,(H,32,36)/t22-,27-,30-/m0/s1. The lowest BCUT2D eigenvalue weighted by Crippen LogP contribution is -2.60. The van der Waals surface area contributed by atoms with E-state index in [-0.39, 0.29) is 11.8 Å². The van der Waals surface area contributed by atoms with E-state index in [9.17, 15) is 9.59 Å². The molecule has 2 amide bonds. The molecular weight excluding hydrogens is 502 g/mol. The highest BCUT2D eigenvalue weighted by Gasteiger charge is 2.44. The van der Waals surface area contributed by atoms with Gasteiger partial charge in [0.05, 0.1) is 14.2 Å². The number of fused-ring (bicyclic) bond motifs is 1. The van der Waals surface area contributed by atoms with Crippen LogP contribution in [0.3, 0.4) is 0 Å². The number of carbonyl (C=O) groups is 2. The number of benzene rings is 2. The third kappa shape index (κ3) is 6.10. The van der Waals surface area contributed by atoms with Crippen LogP contribution in [0.2, 0.25) is 5.02 Å². The first-order chi connectivity index (χ1) is 18.3. The summed E-state index contributed by atoms with van der Waals surface area (Å²) in [6, 6.07) is 12.6. The number of hydrogen-bond donors (Lipinski definition) is 1. The van der Waals surface area contributed by atoms with Crippen molar-refractivity contribution in [3.8, 4) is 11.5 Å². The molecule has 8 heteroatoms. The lowest BCUT2D eigenvalue weighted by atomic mass is 9.81. The van der Waals surface area contributed by atoms with Crippen molar-refractivity contribution in [1.82, 2.24) is 9.80 Å². The molecule has 0 saturated carbocycles. The van der Waals surface area contributed by atoms with Crippen LogP contribution in [0.4, 0.5) is 5.69 Å². The Morgan fingerprint density at radius 2 is 1.68 bits per heavy atom. The number of methoxy groups -OCH3 is 2. The monoisotopic (exact) mass is 541 g/mol. The maximum atomic E-state index is 14.1. The fourth-order valence-corrected chi connectivity index (χ4v) is 6.03. The van der Waals surface area contributed by atoms with Crippen LogP contribution >= 0.6 is 11.6 Å². The number of nitrogens with one attached hydrogen (secondary N) is 1. The molecule has 0 radical (unpaired) electrons. The van der Waals surface area contributed by atoms with Gasteiger partial charge in [-0.05, 0) is 82.3 Å². The van der Waals surface area contributed by atoms with Gasteiger partial charge in [0.1, 0.15) is 17.0 Å². The van der Waals surface area contributed by atoms with Crippen LogP contribution in [0, 0.1) is 5.92 Å². The molecule has 206 valence electrons. The van der Waals surface area contributed by atoms with E-state index < -0.39 is 5.54 Å². The molecule has 7 nitrogen and oxygen atoms in total. The van der Waals surface area contributed by atoms with Crippen molar-refractivity contribution in [2.45, 2.75) is 64.0 Å². The smallest absolute Gasteiger partial charge is 0.254 e. The fraction of sp³-hybridized carbons (Fsp3) is 0.533. The van der Waals surface area contributed by atoms with Gasteiger partial charge in [-0.2, -0.15) is 0 Å². The number of carbonyl (C=O) groups excluding carboxylic acids is 2. The lowest BCUT2D eigenvalue weighted by molar-refractivity contribution is -0.126. The summed E-state index contributed by atoms with van der Waals surface area (Å²) in [4.78, 5) is 32.5. The Labute approximate surface area is 231 Å². The first-order valence-electron chi connectivity index (χ1n) is 13.6. The van der Waals surface area contributed by atoms with Crippen molar-refractivity contribution in [2.24, 2.45) is 5.92 Å². The highest BCUT2D eigenvalue weighted by Crippen LogP contribution is 2.35. The first kappa shape index (κ1) is 28.2. The summed E-state index contributed by atoms with van der Waals surface area (Å²) in [6.07, 6.45) is 6.22. The maximum absolute atomic E-state index is 14.1. The predicted molar refractivity (Wildman–Crippen MR) is 151 cm³/mol. The Morgan fingerprint density at radius 1 is 1.03 bits per heavy atom. The van der Waals surface area contributed by atoms with Crippen LogP contribution in [-0.2, 0) is 4.79 Å². The van der Waals surface area contributed by atoms with Crippen molar-refractivity contribution in [3.63, 3.8) is 0 Å². The third-order valence-electron chi connectivity index (χ3n) is 8.36. The molecule has 3 atom stereocenters. The summed E-state index contributed by atoms with van der Waals surface area (Å²) in [6.45, 7) is 6.60. The van der Waals surface area contributed by atoms with Crippen molar-refractivity contribution in [3.05, 3.63) is 53.1 Å². The Hall–Kier alpha value is -2.77. The fourth-order valence-electron chi connectivity index (χ4n) is 5.90.